The minimum atomic E-state index is -0.823. The third kappa shape index (κ3) is 3.60. The van der Waals surface area contributed by atoms with E-state index in [4.69, 9.17) is 0 Å². The van der Waals surface area contributed by atoms with Crippen molar-refractivity contribution < 1.29 is 9.90 Å². The summed E-state index contributed by atoms with van der Waals surface area (Å²) in [4.78, 5) is 15.7. The van der Waals surface area contributed by atoms with Crippen LogP contribution >= 0.6 is 0 Å². The SMILES string of the molecule is CC(C)n1cncc1C(NC1CCCCCC1)C(=O)O. The first-order valence-electron chi connectivity index (χ1n) is 7.60. The fourth-order valence-corrected chi connectivity index (χ4v) is 2.93. The summed E-state index contributed by atoms with van der Waals surface area (Å²) in [5.74, 6) is -0.823. The van der Waals surface area contributed by atoms with Crippen LogP contribution in [0.3, 0.4) is 0 Å². The summed E-state index contributed by atoms with van der Waals surface area (Å²) in [5, 5.41) is 12.9. The van der Waals surface area contributed by atoms with E-state index in [-0.39, 0.29) is 6.04 Å². The van der Waals surface area contributed by atoms with Gasteiger partial charge in [-0.05, 0) is 26.7 Å². The summed E-state index contributed by atoms with van der Waals surface area (Å²) in [7, 11) is 0. The van der Waals surface area contributed by atoms with Gasteiger partial charge < -0.3 is 9.67 Å². The van der Waals surface area contributed by atoms with E-state index in [0.717, 1.165) is 18.5 Å². The number of carboxylic acid groups (broad SMARTS) is 1. The van der Waals surface area contributed by atoms with Gasteiger partial charge in [0.1, 0.15) is 6.04 Å². The summed E-state index contributed by atoms with van der Waals surface area (Å²) in [5.41, 5.74) is 0.747. The van der Waals surface area contributed by atoms with E-state index in [9.17, 15) is 9.90 Å². The maximum atomic E-state index is 11.6. The van der Waals surface area contributed by atoms with E-state index in [2.05, 4.69) is 10.3 Å². The lowest BCUT2D eigenvalue weighted by Crippen LogP contribution is -2.38. The van der Waals surface area contributed by atoms with Gasteiger partial charge in [0.2, 0.25) is 0 Å². The first kappa shape index (κ1) is 15.0. The Morgan fingerprint density at radius 1 is 1.35 bits per heavy atom. The van der Waals surface area contributed by atoms with Crippen molar-refractivity contribution in [1.82, 2.24) is 14.9 Å². The number of rotatable bonds is 5. The van der Waals surface area contributed by atoms with Gasteiger partial charge in [0, 0.05) is 12.1 Å². The van der Waals surface area contributed by atoms with Gasteiger partial charge in [-0.15, -0.1) is 0 Å². The van der Waals surface area contributed by atoms with E-state index in [1.807, 2.05) is 18.4 Å². The third-order valence-corrected chi connectivity index (χ3v) is 4.05. The molecule has 1 heterocycles. The van der Waals surface area contributed by atoms with Crippen LogP contribution in [0.5, 0.6) is 0 Å². The number of hydrogen-bond acceptors (Lipinski definition) is 3. The number of aliphatic carboxylic acids is 1. The Labute approximate surface area is 120 Å². The second-order valence-electron chi connectivity index (χ2n) is 5.95. The van der Waals surface area contributed by atoms with Crippen molar-refractivity contribution in [1.29, 1.82) is 0 Å². The van der Waals surface area contributed by atoms with Gasteiger partial charge >= 0.3 is 5.97 Å². The molecule has 0 aliphatic heterocycles. The molecule has 1 aromatic rings. The van der Waals surface area contributed by atoms with E-state index >= 15 is 0 Å². The van der Waals surface area contributed by atoms with Crippen molar-refractivity contribution in [3.05, 3.63) is 18.2 Å². The van der Waals surface area contributed by atoms with Crippen LogP contribution < -0.4 is 5.32 Å². The van der Waals surface area contributed by atoms with Gasteiger partial charge in [0.05, 0.1) is 18.2 Å². The molecule has 1 aliphatic carbocycles. The molecule has 1 unspecified atom stereocenters. The van der Waals surface area contributed by atoms with Gasteiger partial charge in [0.15, 0.2) is 0 Å². The molecule has 2 rings (SSSR count). The number of imidazole rings is 1. The Balaban J connectivity index is 2.14. The highest BCUT2D eigenvalue weighted by atomic mass is 16.4. The number of hydrogen-bond donors (Lipinski definition) is 2. The molecule has 0 saturated heterocycles. The average molecular weight is 279 g/mol. The molecule has 20 heavy (non-hydrogen) atoms. The first-order chi connectivity index (χ1) is 9.59. The van der Waals surface area contributed by atoms with Crippen LogP contribution in [0.25, 0.3) is 0 Å². The van der Waals surface area contributed by atoms with Crippen LogP contribution in [-0.2, 0) is 4.79 Å². The number of nitrogens with zero attached hydrogens (tertiary/aromatic N) is 2. The summed E-state index contributed by atoms with van der Waals surface area (Å²) in [6.07, 6.45) is 10.4. The molecule has 2 N–H and O–H groups in total. The minimum absolute atomic E-state index is 0.213. The van der Waals surface area contributed by atoms with Crippen LogP contribution in [0, 0.1) is 0 Å². The standard InChI is InChI=1S/C15H25N3O2/c1-11(2)18-10-16-9-13(18)14(15(19)20)17-12-7-5-3-4-6-8-12/h9-12,14,17H,3-8H2,1-2H3,(H,19,20). The zero-order valence-electron chi connectivity index (χ0n) is 12.4. The molecule has 1 atom stereocenters. The fourth-order valence-electron chi connectivity index (χ4n) is 2.93. The molecule has 0 amide bonds. The Morgan fingerprint density at radius 3 is 2.55 bits per heavy atom. The highest BCUT2D eigenvalue weighted by molar-refractivity contribution is 5.75. The molecule has 5 nitrogen and oxygen atoms in total. The van der Waals surface area contributed by atoms with Crippen molar-refractivity contribution >= 4 is 5.97 Å². The van der Waals surface area contributed by atoms with Gasteiger partial charge in [-0.2, -0.15) is 0 Å². The molecule has 1 saturated carbocycles. The average Bonchev–Trinajstić information content (AvgIpc) is 2.73. The first-order valence-corrected chi connectivity index (χ1v) is 7.60. The second-order valence-corrected chi connectivity index (χ2v) is 5.95. The monoisotopic (exact) mass is 279 g/mol. The molecule has 1 aliphatic rings. The quantitative estimate of drug-likeness (QED) is 0.813. The molecule has 1 fully saturated rings. The lowest BCUT2D eigenvalue weighted by Gasteiger charge is -2.24. The molecular formula is C15H25N3O2. The van der Waals surface area contributed by atoms with Crippen molar-refractivity contribution in [2.24, 2.45) is 0 Å². The number of carboxylic acids is 1. The Hall–Kier alpha value is -1.36. The molecule has 0 radical (unpaired) electrons. The van der Waals surface area contributed by atoms with E-state index in [1.165, 1.54) is 25.7 Å². The highest BCUT2D eigenvalue weighted by Crippen LogP contribution is 2.23. The van der Waals surface area contributed by atoms with E-state index in [0.29, 0.717) is 6.04 Å². The fraction of sp³-hybridized carbons (Fsp3) is 0.733. The zero-order chi connectivity index (χ0) is 14.5. The van der Waals surface area contributed by atoms with Crippen LogP contribution in [0.1, 0.15) is 70.2 Å². The Bertz CT molecular complexity index is 434. The van der Waals surface area contributed by atoms with Crippen molar-refractivity contribution in [2.75, 3.05) is 0 Å². The molecule has 1 aromatic heterocycles. The maximum Gasteiger partial charge on any atom is 0.326 e. The smallest absolute Gasteiger partial charge is 0.326 e. The second kappa shape index (κ2) is 6.88. The van der Waals surface area contributed by atoms with Crippen molar-refractivity contribution in [2.45, 2.75) is 70.5 Å². The lowest BCUT2D eigenvalue weighted by atomic mass is 10.1. The molecule has 5 heteroatoms. The predicted octanol–water partition coefficient (Wildman–Crippen LogP) is 2.90. The highest BCUT2D eigenvalue weighted by Gasteiger charge is 2.27. The van der Waals surface area contributed by atoms with E-state index < -0.39 is 12.0 Å². The van der Waals surface area contributed by atoms with Gasteiger partial charge in [-0.1, -0.05) is 25.7 Å². The summed E-state index contributed by atoms with van der Waals surface area (Å²) in [6.45, 7) is 4.07. The molecule has 0 spiro atoms. The van der Waals surface area contributed by atoms with Gasteiger partial charge in [-0.3, -0.25) is 10.1 Å². The number of carbonyl (C=O) groups is 1. The topological polar surface area (TPSA) is 67.2 Å². The Morgan fingerprint density at radius 2 is 2.00 bits per heavy atom. The summed E-state index contributed by atoms with van der Waals surface area (Å²) < 4.78 is 1.93. The van der Waals surface area contributed by atoms with E-state index in [1.54, 1.807) is 12.5 Å². The molecule has 112 valence electrons. The minimum Gasteiger partial charge on any atom is -0.480 e. The number of aromatic nitrogens is 2. The maximum absolute atomic E-state index is 11.6. The van der Waals surface area contributed by atoms with Crippen molar-refractivity contribution in [3.8, 4) is 0 Å². The largest absolute Gasteiger partial charge is 0.480 e. The van der Waals surface area contributed by atoms with Crippen LogP contribution in [0.2, 0.25) is 0 Å². The van der Waals surface area contributed by atoms with Crippen molar-refractivity contribution in [3.63, 3.8) is 0 Å². The number of nitrogens with one attached hydrogen (secondary N) is 1. The molecular weight excluding hydrogens is 254 g/mol. The van der Waals surface area contributed by atoms with Crippen LogP contribution in [0.4, 0.5) is 0 Å². The molecule has 0 aromatic carbocycles. The zero-order valence-corrected chi connectivity index (χ0v) is 12.4. The normalized spacial score (nSPS) is 18.9. The van der Waals surface area contributed by atoms with Crippen LogP contribution in [-0.4, -0.2) is 26.7 Å². The Kier molecular flexibility index (Phi) is 5.17. The summed E-state index contributed by atoms with van der Waals surface area (Å²) >= 11 is 0. The lowest BCUT2D eigenvalue weighted by molar-refractivity contribution is -0.140. The summed E-state index contributed by atoms with van der Waals surface area (Å²) in [6, 6.07) is -0.151. The van der Waals surface area contributed by atoms with Gasteiger partial charge in [0.25, 0.3) is 0 Å². The van der Waals surface area contributed by atoms with Crippen LogP contribution in [0.15, 0.2) is 12.5 Å². The predicted molar refractivity (Wildman–Crippen MR) is 77.6 cm³/mol. The molecule has 0 bridgehead atoms. The van der Waals surface area contributed by atoms with Gasteiger partial charge in [-0.25, -0.2) is 4.98 Å². The third-order valence-electron chi connectivity index (χ3n) is 4.05.